The summed E-state index contributed by atoms with van der Waals surface area (Å²) in [5.74, 6) is -1.85. The molecule has 0 saturated heterocycles. The first-order chi connectivity index (χ1) is 13.1. The Bertz CT molecular complexity index is 946. The molecule has 7 nitrogen and oxygen atoms in total. The van der Waals surface area contributed by atoms with Gasteiger partial charge in [-0.25, -0.2) is 4.79 Å². The van der Waals surface area contributed by atoms with Gasteiger partial charge < -0.3 is 19.5 Å². The van der Waals surface area contributed by atoms with Gasteiger partial charge in [0.15, 0.2) is 0 Å². The summed E-state index contributed by atoms with van der Waals surface area (Å²) in [6.45, 7) is 2.53. The van der Waals surface area contributed by atoms with E-state index >= 15 is 0 Å². The molecule has 0 spiro atoms. The molecule has 1 amide bonds. The minimum absolute atomic E-state index is 0.00257. The number of benzene rings is 2. The third-order valence-electron chi connectivity index (χ3n) is 3.75. The number of rotatable bonds is 5. The molecule has 0 aliphatic rings. The van der Waals surface area contributed by atoms with Gasteiger partial charge in [0.05, 0.1) is 18.7 Å². The van der Waals surface area contributed by atoms with Gasteiger partial charge in [0.1, 0.15) is 17.1 Å². The van der Waals surface area contributed by atoms with Crippen molar-refractivity contribution in [1.29, 1.82) is 0 Å². The van der Waals surface area contributed by atoms with E-state index in [9.17, 15) is 19.5 Å². The van der Waals surface area contributed by atoms with Gasteiger partial charge in [0.25, 0.3) is 0 Å². The van der Waals surface area contributed by atoms with E-state index in [-0.39, 0.29) is 34.5 Å². The quantitative estimate of drug-likeness (QED) is 0.523. The third-order valence-corrected chi connectivity index (χ3v) is 4.50. The van der Waals surface area contributed by atoms with Crippen LogP contribution in [0.15, 0.2) is 34.8 Å². The zero-order valence-electron chi connectivity index (χ0n) is 15.3. The minimum Gasteiger partial charge on any atom is -0.506 e. The first-order valence-corrected chi connectivity index (χ1v) is 9.17. The number of halogens is 2. The fourth-order valence-corrected chi connectivity index (χ4v) is 3.37. The lowest BCUT2D eigenvalue weighted by Gasteiger charge is -2.23. The van der Waals surface area contributed by atoms with Crippen molar-refractivity contribution >= 4 is 51.1 Å². The predicted molar refractivity (Wildman–Crippen MR) is 107 cm³/mol. The summed E-state index contributed by atoms with van der Waals surface area (Å²) in [7, 11) is 1.20. The van der Waals surface area contributed by atoms with Gasteiger partial charge in [-0.3, -0.25) is 9.59 Å². The zero-order valence-corrected chi connectivity index (χ0v) is 17.6. The molecular weight excluding hydrogens is 454 g/mol. The molecule has 1 N–H and O–H groups in total. The maximum absolute atomic E-state index is 12.2. The maximum atomic E-state index is 12.2. The van der Waals surface area contributed by atoms with Crippen LogP contribution in [-0.4, -0.2) is 30.1 Å². The van der Waals surface area contributed by atoms with E-state index in [1.807, 2.05) is 0 Å². The highest BCUT2D eigenvalue weighted by molar-refractivity contribution is 9.10. The van der Waals surface area contributed by atoms with Crippen LogP contribution in [0.3, 0.4) is 0 Å². The molecule has 0 unspecified atom stereocenters. The van der Waals surface area contributed by atoms with Crippen molar-refractivity contribution in [2.75, 3.05) is 12.0 Å². The Morgan fingerprint density at radius 1 is 1.18 bits per heavy atom. The standard InChI is InChI=1S/C19H17BrClNO6/c1-10(23)22(9-12-6-13(20)7-16(21)18(12)25)14-4-5-15(19(26)27-3)17(8-14)28-11(2)24/h4-8,25H,9H2,1-3H3. The molecule has 0 atom stereocenters. The lowest BCUT2D eigenvalue weighted by molar-refractivity contribution is -0.131. The highest BCUT2D eigenvalue weighted by Gasteiger charge is 2.21. The fourth-order valence-electron chi connectivity index (χ4n) is 2.49. The van der Waals surface area contributed by atoms with Crippen molar-refractivity contribution in [2.24, 2.45) is 0 Å². The lowest BCUT2D eigenvalue weighted by atomic mass is 10.1. The SMILES string of the molecule is COC(=O)c1ccc(N(Cc2cc(Br)cc(Cl)c2O)C(C)=O)cc1OC(C)=O. The van der Waals surface area contributed by atoms with Crippen LogP contribution >= 0.6 is 27.5 Å². The van der Waals surface area contributed by atoms with Gasteiger partial charge in [0.2, 0.25) is 5.91 Å². The Morgan fingerprint density at radius 3 is 2.43 bits per heavy atom. The molecule has 0 bridgehead atoms. The molecule has 2 rings (SSSR count). The molecule has 2 aromatic rings. The van der Waals surface area contributed by atoms with Crippen LogP contribution in [0.1, 0.15) is 29.8 Å². The molecule has 9 heteroatoms. The summed E-state index contributed by atoms with van der Waals surface area (Å²) in [6, 6.07) is 7.45. The Balaban J connectivity index is 2.50. The van der Waals surface area contributed by atoms with Gasteiger partial charge >= 0.3 is 11.9 Å². The van der Waals surface area contributed by atoms with Crippen molar-refractivity contribution in [2.45, 2.75) is 20.4 Å². The molecule has 0 saturated carbocycles. The Hall–Kier alpha value is -2.58. The van der Waals surface area contributed by atoms with E-state index in [1.165, 1.54) is 50.1 Å². The highest BCUT2D eigenvalue weighted by Crippen LogP contribution is 2.34. The fraction of sp³-hybridized carbons (Fsp3) is 0.211. The van der Waals surface area contributed by atoms with E-state index in [0.29, 0.717) is 15.7 Å². The molecule has 0 aromatic heterocycles. The van der Waals surface area contributed by atoms with Crippen molar-refractivity contribution < 1.29 is 29.0 Å². The summed E-state index contributed by atoms with van der Waals surface area (Å²) in [6.07, 6.45) is 0. The Kier molecular flexibility index (Phi) is 7.04. The topological polar surface area (TPSA) is 93.1 Å². The first kappa shape index (κ1) is 21.7. The van der Waals surface area contributed by atoms with Gasteiger partial charge in [-0.2, -0.15) is 0 Å². The molecule has 0 radical (unpaired) electrons. The molecule has 2 aromatic carbocycles. The summed E-state index contributed by atoms with van der Waals surface area (Å²) in [5, 5.41) is 10.3. The van der Waals surface area contributed by atoms with Crippen LogP contribution < -0.4 is 9.64 Å². The normalized spacial score (nSPS) is 10.3. The number of phenols is 1. The number of anilines is 1. The highest BCUT2D eigenvalue weighted by atomic mass is 79.9. The van der Waals surface area contributed by atoms with Crippen LogP contribution in [0.5, 0.6) is 11.5 Å². The molecule has 0 heterocycles. The minimum atomic E-state index is -0.686. The second kappa shape index (κ2) is 9.07. The average molecular weight is 471 g/mol. The first-order valence-electron chi connectivity index (χ1n) is 7.99. The Labute approximate surface area is 174 Å². The predicted octanol–water partition coefficient (Wildman–Crippen LogP) is 4.07. The second-order valence-corrected chi connectivity index (χ2v) is 7.09. The Morgan fingerprint density at radius 2 is 1.86 bits per heavy atom. The summed E-state index contributed by atoms with van der Waals surface area (Å²) in [5.41, 5.74) is 0.797. The number of phenolic OH excluding ortho intramolecular Hbond substituents is 1. The molecule has 148 valence electrons. The largest absolute Gasteiger partial charge is 0.506 e. The second-order valence-electron chi connectivity index (χ2n) is 5.77. The molecule has 0 aliphatic carbocycles. The van der Waals surface area contributed by atoms with E-state index in [2.05, 4.69) is 20.7 Å². The zero-order chi connectivity index (χ0) is 21.0. The number of esters is 2. The molecule has 0 aliphatic heterocycles. The molecular formula is C19H17BrClNO6. The number of hydrogen-bond acceptors (Lipinski definition) is 6. The van der Waals surface area contributed by atoms with Crippen molar-refractivity contribution in [3.63, 3.8) is 0 Å². The maximum Gasteiger partial charge on any atom is 0.341 e. The number of carbonyl (C=O) groups is 3. The number of carbonyl (C=O) groups excluding carboxylic acids is 3. The van der Waals surface area contributed by atoms with Gasteiger partial charge in [-0.05, 0) is 24.3 Å². The van der Waals surface area contributed by atoms with Crippen molar-refractivity contribution in [1.82, 2.24) is 0 Å². The number of methoxy groups -OCH3 is 1. The van der Waals surface area contributed by atoms with E-state index < -0.39 is 11.9 Å². The number of aromatic hydroxyl groups is 1. The van der Waals surface area contributed by atoms with E-state index in [1.54, 1.807) is 6.07 Å². The number of hydrogen-bond donors (Lipinski definition) is 1. The monoisotopic (exact) mass is 469 g/mol. The van der Waals surface area contributed by atoms with Crippen LogP contribution in [0.4, 0.5) is 5.69 Å². The van der Waals surface area contributed by atoms with Gasteiger partial charge in [0, 0.05) is 35.6 Å². The lowest BCUT2D eigenvalue weighted by Crippen LogP contribution is -2.28. The summed E-state index contributed by atoms with van der Waals surface area (Å²) in [4.78, 5) is 36.9. The van der Waals surface area contributed by atoms with Crippen LogP contribution in [0.2, 0.25) is 5.02 Å². The number of ether oxygens (including phenoxy) is 2. The molecule has 28 heavy (non-hydrogen) atoms. The van der Waals surface area contributed by atoms with Crippen LogP contribution in [-0.2, 0) is 20.9 Å². The van der Waals surface area contributed by atoms with Crippen molar-refractivity contribution in [3.05, 3.63) is 51.0 Å². The van der Waals surface area contributed by atoms with Crippen LogP contribution in [0, 0.1) is 0 Å². The van der Waals surface area contributed by atoms with Crippen molar-refractivity contribution in [3.8, 4) is 11.5 Å². The third kappa shape index (κ3) is 5.02. The van der Waals surface area contributed by atoms with E-state index in [0.717, 1.165) is 0 Å². The summed E-state index contributed by atoms with van der Waals surface area (Å²) < 4.78 is 10.4. The summed E-state index contributed by atoms with van der Waals surface area (Å²) >= 11 is 9.28. The van der Waals surface area contributed by atoms with E-state index in [4.69, 9.17) is 16.3 Å². The number of nitrogens with zero attached hydrogens (tertiary/aromatic N) is 1. The number of amides is 1. The average Bonchev–Trinajstić information content (AvgIpc) is 2.61. The van der Waals surface area contributed by atoms with Gasteiger partial charge in [-0.1, -0.05) is 27.5 Å². The van der Waals surface area contributed by atoms with Crippen LogP contribution in [0.25, 0.3) is 0 Å². The smallest absolute Gasteiger partial charge is 0.341 e. The van der Waals surface area contributed by atoms with Gasteiger partial charge in [-0.15, -0.1) is 0 Å². The molecule has 0 fully saturated rings.